The maximum atomic E-state index is 13.2. The molecule has 5 heteroatoms. The maximum absolute atomic E-state index is 13.2. The molecule has 0 atom stereocenters. The molecule has 1 aromatic heterocycles. The quantitative estimate of drug-likeness (QED) is 0.869. The summed E-state index contributed by atoms with van der Waals surface area (Å²) in [5, 5.41) is 5.15. The Morgan fingerprint density at radius 2 is 2.21 bits per heavy atom. The Morgan fingerprint density at radius 1 is 1.42 bits per heavy atom. The topological polar surface area (TPSA) is 38.3 Å². The molecule has 1 heterocycles. The largest absolute Gasteiger partial charge is 0.465 e. The number of nitrogens with one attached hydrogen (secondary N) is 1. The summed E-state index contributed by atoms with van der Waals surface area (Å²) in [5.41, 5.74) is 1.97. The van der Waals surface area contributed by atoms with Crippen LogP contribution in [-0.2, 0) is 11.3 Å². The zero-order chi connectivity index (χ0) is 13.8. The van der Waals surface area contributed by atoms with Crippen LogP contribution >= 0.6 is 11.3 Å². The molecule has 100 valence electrons. The fourth-order valence-corrected chi connectivity index (χ4v) is 2.56. The number of carbonyl (C=O) groups is 1. The molecule has 1 N–H and O–H groups in total. The smallest absolute Gasteiger partial charge is 0.340 e. The molecule has 0 bridgehead atoms. The number of methoxy groups -OCH3 is 1. The molecule has 2 rings (SSSR count). The number of esters is 1. The predicted molar refractivity (Wildman–Crippen MR) is 74.1 cm³/mol. The molecule has 0 aliphatic carbocycles. The van der Waals surface area contributed by atoms with Crippen molar-refractivity contribution < 1.29 is 13.9 Å². The molecular weight excluding hydrogens is 265 g/mol. The molecular formula is C14H14FNO2S. The Bertz CT molecular complexity index is 595. The third kappa shape index (κ3) is 3.12. The summed E-state index contributed by atoms with van der Waals surface area (Å²) in [6.07, 6.45) is 0. The van der Waals surface area contributed by atoms with Gasteiger partial charge in [0.05, 0.1) is 12.7 Å². The van der Waals surface area contributed by atoms with E-state index in [1.165, 1.54) is 29.7 Å². The minimum atomic E-state index is -0.551. The normalized spacial score (nSPS) is 10.3. The summed E-state index contributed by atoms with van der Waals surface area (Å²) in [6, 6.07) is 6.07. The van der Waals surface area contributed by atoms with Gasteiger partial charge in [-0.2, -0.15) is 0 Å². The van der Waals surface area contributed by atoms with Crippen molar-refractivity contribution in [2.75, 3.05) is 12.4 Å². The van der Waals surface area contributed by atoms with Gasteiger partial charge < -0.3 is 10.1 Å². The number of carbonyl (C=O) groups excluding carboxylic acids is 1. The fourth-order valence-electron chi connectivity index (χ4n) is 1.71. The number of anilines is 1. The Kier molecular flexibility index (Phi) is 4.16. The van der Waals surface area contributed by atoms with Gasteiger partial charge in [-0.15, -0.1) is 11.3 Å². The van der Waals surface area contributed by atoms with E-state index in [1.807, 2.05) is 18.4 Å². The molecule has 0 spiro atoms. The Morgan fingerprint density at radius 3 is 2.84 bits per heavy atom. The lowest BCUT2D eigenvalue weighted by Crippen LogP contribution is -2.08. The van der Waals surface area contributed by atoms with Gasteiger partial charge in [0.1, 0.15) is 5.82 Å². The van der Waals surface area contributed by atoms with Crippen molar-refractivity contribution in [2.24, 2.45) is 0 Å². The first-order chi connectivity index (χ1) is 9.11. The van der Waals surface area contributed by atoms with E-state index in [0.717, 1.165) is 0 Å². The average Bonchev–Trinajstić information content (AvgIpc) is 2.82. The second-order valence-corrected chi connectivity index (χ2v) is 5.06. The number of aryl methyl sites for hydroxylation is 1. The van der Waals surface area contributed by atoms with Crippen molar-refractivity contribution in [1.82, 2.24) is 0 Å². The van der Waals surface area contributed by atoms with Gasteiger partial charge >= 0.3 is 5.97 Å². The highest BCUT2D eigenvalue weighted by atomic mass is 32.1. The monoisotopic (exact) mass is 279 g/mol. The highest BCUT2D eigenvalue weighted by molar-refractivity contribution is 7.10. The molecule has 0 amide bonds. The number of hydrogen-bond donors (Lipinski definition) is 1. The van der Waals surface area contributed by atoms with E-state index in [4.69, 9.17) is 0 Å². The number of benzene rings is 1. The molecule has 0 aliphatic heterocycles. The second kappa shape index (κ2) is 5.84. The van der Waals surface area contributed by atoms with Crippen molar-refractivity contribution in [1.29, 1.82) is 0 Å². The molecule has 19 heavy (non-hydrogen) atoms. The first kappa shape index (κ1) is 13.5. The first-order valence-electron chi connectivity index (χ1n) is 5.76. The SMILES string of the molecule is COC(=O)c1cc(F)ccc1NCc1sccc1C. The fraction of sp³-hybridized carbons (Fsp3) is 0.214. The van der Waals surface area contributed by atoms with E-state index in [0.29, 0.717) is 12.2 Å². The van der Waals surface area contributed by atoms with Gasteiger partial charge in [0, 0.05) is 17.1 Å². The molecule has 3 nitrogen and oxygen atoms in total. The number of hydrogen-bond acceptors (Lipinski definition) is 4. The lowest BCUT2D eigenvalue weighted by atomic mass is 10.1. The van der Waals surface area contributed by atoms with E-state index in [9.17, 15) is 9.18 Å². The van der Waals surface area contributed by atoms with Crippen molar-refractivity contribution in [2.45, 2.75) is 13.5 Å². The summed E-state index contributed by atoms with van der Waals surface area (Å²) in [5.74, 6) is -1.01. The van der Waals surface area contributed by atoms with Crippen LogP contribution in [0.1, 0.15) is 20.8 Å². The minimum absolute atomic E-state index is 0.205. The Balaban J connectivity index is 2.20. The van der Waals surface area contributed by atoms with Gasteiger partial charge in [-0.1, -0.05) is 0 Å². The van der Waals surface area contributed by atoms with Crippen LogP contribution in [0.4, 0.5) is 10.1 Å². The molecule has 0 unspecified atom stereocenters. The van der Waals surface area contributed by atoms with E-state index in [-0.39, 0.29) is 5.56 Å². The first-order valence-corrected chi connectivity index (χ1v) is 6.64. The summed E-state index contributed by atoms with van der Waals surface area (Å²) in [4.78, 5) is 12.8. The maximum Gasteiger partial charge on any atom is 0.340 e. The summed E-state index contributed by atoms with van der Waals surface area (Å²) in [6.45, 7) is 2.62. The zero-order valence-electron chi connectivity index (χ0n) is 10.7. The van der Waals surface area contributed by atoms with E-state index in [2.05, 4.69) is 10.1 Å². The molecule has 0 aliphatic rings. The number of ether oxygens (including phenoxy) is 1. The van der Waals surface area contributed by atoms with Crippen LogP contribution < -0.4 is 5.32 Å². The molecule has 1 aromatic carbocycles. The van der Waals surface area contributed by atoms with Crippen LogP contribution in [0, 0.1) is 12.7 Å². The summed E-state index contributed by atoms with van der Waals surface area (Å²) < 4.78 is 17.8. The highest BCUT2D eigenvalue weighted by Crippen LogP contribution is 2.21. The van der Waals surface area contributed by atoms with Crippen LogP contribution in [0.5, 0.6) is 0 Å². The van der Waals surface area contributed by atoms with Crippen molar-refractivity contribution in [3.05, 3.63) is 51.5 Å². The number of thiophene rings is 1. The van der Waals surface area contributed by atoms with Crippen LogP contribution in [0.15, 0.2) is 29.6 Å². The van der Waals surface area contributed by atoms with Crippen LogP contribution in [0.3, 0.4) is 0 Å². The van der Waals surface area contributed by atoms with Gasteiger partial charge in [-0.05, 0) is 42.1 Å². The van der Waals surface area contributed by atoms with E-state index in [1.54, 1.807) is 17.4 Å². The van der Waals surface area contributed by atoms with E-state index >= 15 is 0 Å². The van der Waals surface area contributed by atoms with E-state index < -0.39 is 11.8 Å². The number of halogens is 1. The average molecular weight is 279 g/mol. The van der Waals surface area contributed by atoms with Gasteiger partial charge in [-0.25, -0.2) is 9.18 Å². The second-order valence-electron chi connectivity index (χ2n) is 4.06. The van der Waals surface area contributed by atoms with Crippen LogP contribution in [-0.4, -0.2) is 13.1 Å². The lowest BCUT2D eigenvalue weighted by Gasteiger charge is -2.10. The highest BCUT2D eigenvalue weighted by Gasteiger charge is 2.13. The molecule has 0 fully saturated rings. The summed E-state index contributed by atoms with van der Waals surface area (Å²) in [7, 11) is 1.28. The van der Waals surface area contributed by atoms with Gasteiger partial charge in [0.25, 0.3) is 0 Å². The standard InChI is InChI=1S/C14H14FNO2S/c1-9-5-6-19-13(9)8-16-12-4-3-10(15)7-11(12)14(17)18-2/h3-7,16H,8H2,1-2H3. The molecule has 0 saturated heterocycles. The van der Waals surface area contributed by atoms with Crippen molar-refractivity contribution >= 4 is 23.0 Å². The van der Waals surface area contributed by atoms with Crippen molar-refractivity contribution in [3.63, 3.8) is 0 Å². The molecule has 2 aromatic rings. The molecule has 0 saturated carbocycles. The minimum Gasteiger partial charge on any atom is -0.465 e. The van der Waals surface area contributed by atoms with Crippen LogP contribution in [0.2, 0.25) is 0 Å². The van der Waals surface area contributed by atoms with Crippen LogP contribution in [0.25, 0.3) is 0 Å². The zero-order valence-corrected chi connectivity index (χ0v) is 11.5. The third-order valence-corrected chi connectivity index (χ3v) is 3.82. The Hall–Kier alpha value is -1.88. The predicted octanol–water partition coefficient (Wildman–Crippen LogP) is 3.59. The lowest BCUT2D eigenvalue weighted by molar-refractivity contribution is 0.0601. The molecule has 0 radical (unpaired) electrons. The van der Waals surface area contributed by atoms with Gasteiger partial charge in [0.2, 0.25) is 0 Å². The summed E-state index contributed by atoms with van der Waals surface area (Å²) >= 11 is 1.64. The van der Waals surface area contributed by atoms with Gasteiger partial charge in [-0.3, -0.25) is 0 Å². The van der Waals surface area contributed by atoms with Crippen molar-refractivity contribution in [3.8, 4) is 0 Å². The van der Waals surface area contributed by atoms with Gasteiger partial charge in [0.15, 0.2) is 0 Å². The number of rotatable bonds is 4. The third-order valence-electron chi connectivity index (χ3n) is 2.79. The Labute approximate surface area is 115 Å².